The van der Waals surface area contributed by atoms with E-state index in [4.69, 9.17) is 16.1 Å². The second-order valence-electron chi connectivity index (χ2n) is 6.87. The monoisotopic (exact) mass is 439 g/mol. The molecule has 1 aromatic carbocycles. The molecule has 30 heavy (non-hydrogen) atoms. The molecule has 1 aliphatic rings. The highest BCUT2D eigenvalue weighted by Gasteiger charge is 2.24. The van der Waals surface area contributed by atoms with Gasteiger partial charge in [-0.3, -0.25) is 14.2 Å². The molecule has 8 heteroatoms. The van der Waals surface area contributed by atoms with E-state index in [0.717, 1.165) is 36.1 Å². The Labute approximate surface area is 182 Å². The van der Waals surface area contributed by atoms with E-state index < -0.39 is 0 Å². The summed E-state index contributed by atoms with van der Waals surface area (Å²) in [6.45, 7) is 0.169. The Hall–Kier alpha value is -2.76. The van der Waals surface area contributed by atoms with Crippen LogP contribution in [0.1, 0.15) is 23.3 Å². The maximum Gasteiger partial charge on any atom is 0.267 e. The van der Waals surface area contributed by atoms with Crippen LogP contribution in [-0.4, -0.2) is 34.9 Å². The maximum atomic E-state index is 13.7. The lowest BCUT2D eigenvalue weighted by atomic mass is 9.97. The third-order valence-electron chi connectivity index (χ3n) is 5.00. The normalized spacial score (nSPS) is 12.9. The zero-order valence-electron chi connectivity index (χ0n) is 16.6. The fraction of sp³-hybridized carbons (Fsp3) is 0.318. The van der Waals surface area contributed by atoms with E-state index in [0.29, 0.717) is 22.0 Å². The molecule has 0 aliphatic heterocycles. The summed E-state index contributed by atoms with van der Waals surface area (Å²) in [6, 6.07) is 7.34. The van der Waals surface area contributed by atoms with E-state index in [1.54, 1.807) is 23.0 Å². The summed E-state index contributed by atoms with van der Waals surface area (Å²) >= 11 is 2.81. The lowest BCUT2D eigenvalue weighted by molar-refractivity contribution is -0.118. The topological polar surface area (TPSA) is 73.2 Å². The van der Waals surface area contributed by atoms with Crippen LogP contribution in [0.2, 0.25) is 0 Å². The van der Waals surface area contributed by atoms with Crippen LogP contribution < -0.4 is 15.6 Å². The molecule has 0 atom stereocenters. The van der Waals surface area contributed by atoms with E-state index in [1.807, 2.05) is 24.3 Å². The van der Waals surface area contributed by atoms with Crippen molar-refractivity contribution in [1.29, 1.82) is 0 Å². The van der Waals surface area contributed by atoms with Crippen LogP contribution in [-0.2, 0) is 17.6 Å². The minimum absolute atomic E-state index is 0.111. The molecule has 2 aromatic heterocycles. The first-order chi connectivity index (χ1) is 14.6. The molecule has 3 aromatic rings. The van der Waals surface area contributed by atoms with E-state index in [2.05, 4.69) is 11.2 Å². The van der Waals surface area contributed by atoms with Gasteiger partial charge in [0.05, 0.1) is 30.5 Å². The van der Waals surface area contributed by atoms with E-state index in [1.165, 1.54) is 16.6 Å². The zero-order chi connectivity index (χ0) is 21.1. The summed E-state index contributed by atoms with van der Waals surface area (Å²) in [5.74, 6) is 2.86. The number of ether oxygens (including phenoxy) is 1. The first-order valence-corrected chi connectivity index (χ1v) is 11.5. The fourth-order valence-electron chi connectivity index (χ4n) is 3.64. The summed E-state index contributed by atoms with van der Waals surface area (Å²) in [4.78, 5) is 32.6. The molecule has 154 valence electrons. The number of rotatable bonds is 6. The highest BCUT2D eigenvalue weighted by atomic mass is 32.2. The first kappa shape index (κ1) is 20.5. The lowest BCUT2D eigenvalue weighted by Gasteiger charge is -2.15. The number of thioether (sulfide) groups is 1. The van der Waals surface area contributed by atoms with Gasteiger partial charge in [0.1, 0.15) is 10.6 Å². The van der Waals surface area contributed by atoms with E-state index >= 15 is 0 Å². The lowest BCUT2D eigenvalue weighted by Crippen LogP contribution is -2.27. The number of aryl methyl sites for hydroxylation is 2. The molecule has 4 rings (SSSR count). The Morgan fingerprint density at radius 3 is 2.97 bits per heavy atom. The Balaban J connectivity index is 1.87. The van der Waals surface area contributed by atoms with Gasteiger partial charge in [0.25, 0.3) is 5.56 Å². The van der Waals surface area contributed by atoms with Crippen molar-refractivity contribution >= 4 is 39.2 Å². The quantitative estimate of drug-likeness (QED) is 0.363. The first-order valence-electron chi connectivity index (χ1n) is 9.67. The standard InChI is InChI=1S/C22H21N3O3S2/c1-3-12-23-18(26)13-29-22-24-20-19(14-8-4-7-11-17(14)30-20)21(27)25(22)15-9-5-6-10-16(15)28-2/h1,5-6,9-10H,4,7-8,11-13H2,2H3,(H,23,26). The van der Waals surface area contributed by atoms with Gasteiger partial charge in [-0.25, -0.2) is 4.98 Å². The number of nitrogens with zero attached hydrogens (tertiary/aromatic N) is 2. The van der Waals surface area contributed by atoms with Crippen molar-refractivity contribution < 1.29 is 9.53 Å². The number of aromatic nitrogens is 2. The summed E-state index contributed by atoms with van der Waals surface area (Å²) in [6.07, 6.45) is 9.31. The Kier molecular flexibility index (Phi) is 6.11. The predicted molar refractivity (Wildman–Crippen MR) is 121 cm³/mol. The van der Waals surface area contributed by atoms with Crippen molar-refractivity contribution in [2.24, 2.45) is 0 Å². The molecule has 0 unspecified atom stereocenters. The number of hydrogen-bond acceptors (Lipinski definition) is 6. The van der Waals surface area contributed by atoms with Gasteiger partial charge in [0.2, 0.25) is 5.91 Å². The van der Waals surface area contributed by atoms with Crippen molar-refractivity contribution in [3.8, 4) is 23.8 Å². The summed E-state index contributed by atoms with van der Waals surface area (Å²) in [5.41, 5.74) is 1.63. The third kappa shape index (κ3) is 3.83. The molecule has 0 bridgehead atoms. The predicted octanol–water partition coefficient (Wildman–Crippen LogP) is 3.18. The average Bonchev–Trinajstić information content (AvgIpc) is 3.15. The van der Waals surface area contributed by atoms with Crippen molar-refractivity contribution in [3.05, 3.63) is 45.1 Å². The van der Waals surface area contributed by atoms with Crippen molar-refractivity contribution in [2.75, 3.05) is 19.4 Å². The minimum Gasteiger partial charge on any atom is -0.495 e. The maximum absolute atomic E-state index is 13.7. The van der Waals surface area contributed by atoms with Crippen LogP contribution in [0.15, 0.2) is 34.2 Å². The number of hydrogen-bond donors (Lipinski definition) is 1. The number of amides is 1. The molecule has 1 N–H and O–H groups in total. The molecule has 1 aliphatic carbocycles. The number of benzene rings is 1. The highest BCUT2D eigenvalue weighted by molar-refractivity contribution is 7.99. The van der Waals surface area contributed by atoms with E-state index in [9.17, 15) is 9.59 Å². The zero-order valence-corrected chi connectivity index (χ0v) is 18.2. The SMILES string of the molecule is C#CCNC(=O)CSc1nc2sc3c(c2c(=O)n1-c1ccccc1OC)CCCC3. The molecule has 0 fully saturated rings. The molecule has 0 saturated carbocycles. The Bertz CT molecular complexity index is 1210. The second-order valence-corrected chi connectivity index (χ2v) is 8.89. The van der Waals surface area contributed by atoms with Gasteiger partial charge in [0.15, 0.2) is 5.16 Å². The van der Waals surface area contributed by atoms with Gasteiger partial charge in [-0.1, -0.05) is 29.8 Å². The molecule has 0 spiro atoms. The smallest absolute Gasteiger partial charge is 0.267 e. The van der Waals surface area contributed by atoms with Gasteiger partial charge in [0, 0.05) is 4.88 Å². The average molecular weight is 440 g/mol. The van der Waals surface area contributed by atoms with Crippen molar-refractivity contribution in [3.63, 3.8) is 0 Å². The number of carbonyl (C=O) groups is 1. The van der Waals surface area contributed by atoms with Gasteiger partial charge in [-0.05, 0) is 43.4 Å². The van der Waals surface area contributed by atoms with Gasteiger partial charge >= 0.3 is 0 Å². The van der Waals surface area contributed by atoms with Crippen molar-refractivity contribution in [2.45, 2.75) is 30.8 Å². The molecule has 0 saturated heterocycles. The van der Waals surface area contributed by atoms with Gasteiger partial charge in [-0.2, -0.15) is 0 Å². The molecule has 1 amide bonds. The third-order valence-corrected chi connectivity index (χ3v) is 7.13. The molecule has 0 radical (unpaired) electrons. The molecular weight excluding hydrogens is 418 g/mol. The number of para-hydroxylation sites is 2. The summed E-state index contributed by atoms with van der Waals surface area (Å²) < 4.78 is 7.07. The van der Waals surface area contributed by atoms with Crippen LogP contribution in [0.25, 0.3) is 15.9 Å². The summed E-state index contributed by atoms with van der Waals surface area (Å²) in [7, 11) is 1.57. The Morgan fingerprint density at radius 1 is 1.37 bits per heavy atom. The van der Waals surface area contributed by atoms with Crippen LogP contribution in [0.3, 0.4) is 0 Å². The number of methoxy groups -OCH3 is 1. The van der Waals surface area contributed by atoms with Crippen LogP contribution in [0, 0.1) is 12.3 Å². The number of terminal acetylenes is 1. The second kappa shape index (κ2) is 8.94. The van der Waals surface area contributed by atoms with Crippen LogP contribution >= 0.6 is 23.1 Å². The van der Waals surface area contributed by atoms with Gasteiger partial charge < -0.3 is 10.1 Å². The number of carbonyl (C=O) groups excluding carboxylic acids is 1. The highest BCUT2D eigenvalue weighted by Crippen LogP contribution is 2.36. The molecular formula is C22H21N3O3S2. The van der Waals surface area contributed by atoms with Crippen molar-refractivity contribution in [1.82, 2.24) is 14.9 Å². The Morgan fingerprint density at radius 2 is 2.17 bits per heavy atom. The van der Waals surface area contributed by atoms with Crippen LogP contribution in [0.4, 0.5) is 0 Å². The minimum atomic E-state index is -0.204. The largest absolute Gasteiger partial charge is 0.495 e. The number of fused-ring (bicyclic) bond motifs is 3. The number of thiophene rings is 1. The van der Waals surface area contributed by atoms with E-state index in [-0.39, 0.29) is 23.8 Å². The number of nitrogens with one attached hydrogen (secondary N) is 1. The molecule has 6 nitrogen and oxygen atoms in total. The molecule has 2 heterocycles. The fourth-order valence-corrected chi connectivity index (χ4v) is 5.78. The van der Waals surface area contributed by atoms with Crippen LogP contribution in [0.5, 0.6) is 5.75 Å². The summed E-state index contributed by atoms with van der Waals surface area (Å²) in [5, 5.41) is 3.80. The van der Waals surface area contributed by atoms with Gasteiger partial charge in [-0.15, -0.1) is 17.8 Å².